The molecule has 0 saturated heterocycles. The summed E-state index contributed by atoms with van der Waals surface area (Å²) in [7, 11) is 1.55. The third kappa shape index (κ3) is 1.99. The summed E-state index contributed by atoms with van der Waals surface area (Å²) in [6, 6.07) is 13.1. The first-order valence-corrected chi connectivity index (χ1v) is 6.54. The zero-order chi connectivity index (χ0) is 14.1. The molecule has 4 heteroatoms. The molecule has 0 fully saturated rings. The van der Waals surface area contributed by atoms with Gasteiger partial charge >= 0.3 is 0 Å². The standard InChI is InChI=1S/C16H16N2O2/c1-20-15-10-12(6-7-13(15)17)16(19)18-9-8-11-4-2-3-5-14(11)18/h2-7,10H,8-9,17H2,1H3. The number of anilines is 2. The van der Waals surface area contributed by atoms with Crippen LogP contribution in [0.4, 0.5) is 11.4 Å². The lowest BCUT2D eigenvalue weighted by Gasteiger charge is -2.18. The van der Waals surface area contributed by atoms with Gasteiger partial charge in [0.05, 0.1) is 12.8 Å². The summed E-state index contributed by atoms with van der Waals surface area (Å²) in [6.07, 6.45) is 0.897. The number of carbonyl (C=O) groups is 1. The van der Waals surface area contributed by atoms with Crippen LogP contribution < -0.4 is 15.4 Å². The first kappa shape index (κ1) is 12.5. The number of amides is 1. The Morgan fingerprint density at radius 3 is 2.85 bits per heavy atom. The Labute approximate surface area is 117 Å². The summed E-state index contributed by atoms with van der Waals surface area (Å²) in [5.41, 5.74) is 9.11. The smallest absolute Gasteiger partial charge is 0.258 e. The third-order valence-electron chi connectivity index (χ3n) is 3.61. The number of rotatable bonds is 2. The molecule has 1 aliphatic rings. The van der Waals surface area contributed by atoms with E-state index in [9.17, 15) is 4.79 Å². The van der Waals surface area contributed by atoms with Gasteiger partial charge in [-0.05, 0) is 36.2 Å². The number of methoxy groups -OCH3 is 1. The molecule has 2 aromatic rings. The minimum absolute atomic E-state index is 0.0201. The van der Waals surface area contributed by atoms with Gasteiger partial charge in [-0.3, -0.25) is 4.79 Å². The van der Waals surface area contributed by atoms with Gasteiger partial charge in [0.1, 0.15) is 5.75 Å². The number of nitrogens with zero attached hydrogens (tertiary/aromatic N) is 1. The number of nitrogens with two attached hydrogens (primary N) is 1. The molecule has 1 aliphatic heterocycles. The van der Waals surface area contributed by atoms with E-state index in [2.05, 4.69) is 6.07 Å². The van der Waals surface area contributed by atoms with Crippen molar-refractivity contribution in [1.29, 1.82) is 0 Å². The monoisotopic (exact) mass is 268 g/mol. The van der Waals surface area contributed by atoms with Crippen molar-refractivity contribution in [2.75, 3.05) is 24.3 Å². The minimum atomic E-state index is -0.0201. The lowest BCUT2D eigenvalue weighted by molar-refractivity contribution is 0.0989. The molecule has 20 heavy (non-hydrogen) atoms. The van der Waals surface area contributed by atoms with Crippen LogP contribution in [0.25, 0.3) is 0 Å². The van der Waals surface area contributed by atoms with E-state index in [1.165, 1.54) is 5.56 Å². The van der Waals surface area contributed by atoms with Crippen LogP contribution in [0, 0.1) is 0 Å². The van der Waals surface area contributed by atoms with Crippen LogP contribution in [0.2, 0.25) is 0 Å². The van der Waals surface area contributed by atoms with Gasteiger partial charge in [-0.2, -0.15) is 0 Å². The molecule has 0 aliphatic carbocycles. The summed E-state index contributed by atoms with van der Waals surface area (Å²) < 4.78 is 5.17. The van der Waals surface area contributed by atoms with Crippen LogP contribution in [-0.2, 0) is 6.42 Å². The lowest BCUT2D eigenvalue weighted by Crippen LogP contribution is -2.28. The number of nitrogen functional groups attached to an aromatic ring is 1. The van der Waals surface area contributed by atoms with Crippen molar-refractivity contribution in [3.05, 3.63) is 53.6 Å². The zero-order valence-corrected chi connectivity index (χ0v) is 11.3. The minimum Gasteiger partial charge on any atom is -0.495 e. The van der Waals surface area contributed by atoms with E-state index >= 15 is 0 Å². The SMILES string of the molecule is COc1cc(C(=O)N2CCc3ccccc32)ccc1N. The second-order valence-corrected chi connectivity index (χ2v) is 4.79. The first-order chi connectivity index (χ1) is 9.70. The highest BCUT2D eigenvalue weighted by Crippen LogP contribution is 2.30. The quantitative estimate of drug-likeness (QED) is 0.851. The summed E-state index contributed by atoms with van der Waals surface area (Å²) in [5, 5.41) is 0. The molecule has 0 saturated carbocycles. The number of carbonyl (C=O) groups excluding carboxylic acids is 1. The van der Waals surface area contributed by atoms with E-state index in [1.54, 1.807) is 30.2 Å². The maximum atomic E-state index is 12.6. The Kier molecular flexibility index (Phi) is 3.06. The highest BCUT2D eigenvalue weighted by molar-refractivity contribution is 6.07. The van der Waals surface area contributed by atoms with Crippen LogP contribution in [0.3, 0.4) is 0 Å². The molecule has 0 radical (unpaired) electrons. The van der Waals surface area contributed by atoms with Crippen LogP contribution in [0.15, 0.2) is 42.5 Å². The predicted octanol–water partition coefficient (Wildman–Crippen LogP) is 2.48. The van der Waals surface area contributed by atoms with Gasteiger partial charge in [-0.15, -0.1) is 0 Å². The number of hydrogen-bond acceptors (Lipinski definition) is 3. The molecule has 102 valence electrons. The number of hydrogen-bond donors (Lipinski definition) is 1. The van der Waals surface area contributed by atoms with E-state index in [4.69, 9.17) is 10.5 Å². The van der Waals surface area contributed by atoms with E-state index in [1.807, 2.05) is 18.2 Å². The molecule has 3 rings (SSSR count). The van der Waals surface area contributed by atoms with Crippen molar-refractivity contribution < 1.29 is 9.53 Å². The fraction of sp³-hybridized carbons (Fsp3) is 0.188. The topological polar surface area (TPSA) is 55.6 Å². The van der Waals surface area contributed by atoms with Crippen molar-refractivity contribution >= 4 is 17.3 Å². The van der Waals surface area contributed by atoms with Crippen molar-refractivity contribution in [2.24, 2.45) is 0 Å². The first-order valence-electron chi connectivity index (χ1n) is 6.54. The molecule has 1 heterocycles. The number of fused-ring (bicyclic) bond motifs is 1. The largest absolute Gasteiger partial charge is 0.495 e. The van der Waals surface area contributed by atoms with Gasteiger partial charge in [0.25, 0.3) is 5.91 Å². The van der Waals surface area contributed by atoms with Crippen LogP contribution in [-0.4, -0.2) is 19.6 Å². The Balaban J connectivity index is 1.94. The van der Waals surface area contributed by atoms with Gasteiger partial charge < -0.3 is 15.4 Å². The molecular weight excluding hydrogens is 252 g/mol. The molecular formula is C16H16N2O2. The Morgan fingerprint density at radius 2 is 2.05 bits per heavy atom. The molecule has 4 nitrogen and oxygen atoms in total. The van der Waals surface area contributed by atoms with Gasteiger partial charge in [-0.1, -0.05) is 18.2 Å². The Hall–Kier alpha value is -2.49. The summed E-state index contributed by atoms with van der Waals surface area (Å²) in [5.74, 6) is 0.511. The van der Waals surface area contributed by atoms with Crippen molar-refractivity contribution in [3.63, 3.8) is 0 Å². The lowest BCUT2D eigenvalue weighted by atomic mass is 10.1. The molecule has 2 aromatic carbocycles. The second kappa shape index (κ2) is 4.89. The molecule has 0 bridgehead atoms. The number of para-hydroxylation sites is 1. The third-order valence-corrected chi connectivity index (χ3v) is 3.61. The molecule has 0 spiro atoms. The fourth-order valence-electron chi connectivity index (χ4n) is 2.55. The van der Waals surface area contributed by atoms with E-state index in [0.29, 0.717) is 23.5 Å². The molecule has 0 atom stereocenters. The van der Waals surface area contributed by atoms with Gasteiger partial charge in [0.2, 0.25) is 0 Å². The Bertz CT molecular complexity index is 667. The average Bonchev–Trinajstić information content (AvgIpc) is 2.91. The van der Waals surface area contributed by atoms with Crippen molar-refractivity contribution in [2.45, 2.75) is 6.42 Å². The highest BCUT2D eigenvalue weighted by atomic mass is 16.5. The molecule has 1 amide bonds. The van der Waals surface area contributed by atoms with Crippen LogP contribution in [0.1, 0.15) is 15.9 Å². The van der Waals surface area contributed by atoms with Gasteiger partial charge in [0, 0.05) is 17.8 Å². The number of benzene rings is 2. The maximum Gasteiger partial charge on any atom is 0.258 e. The zero-order valence-electron chi connectivity index (χ0n) is 11.3. The molecule has 0 unspecified atom stereocenters. The maximum absolute atomic E-state index is 12.6. The average molecular weight is 268 g/mol. The van der Waals surface area contributed by atoms with E-state index in [0.717, 1.165) is 12.1 Å². The molecule has 0 aromatic heterocycles. The predicted molar refractivity (Wildman–Crippen MR) is 79.2 cm³/mol. The van der Waals surface area contributed by atoms with Crippen molar-refractivity contribution in [3.8, 4) is 5.75 Å². The van der Waals surface area contributed by atoms with Crippen LogP contribution >= 0.6 is 0 Å². The summed E-state index contributed by atoms with van der Waals surface area (Å²) in [4.78, 5) is 14.4. The molecule has 2 N–H and O–H groups in total. The Morgan fingerprint density at radius 1 is 1.25 bits per heavy atom. The fourth-order valence-corrected chi connectivity index (χ4v) is 2.55. The summed E-state index contributed by atoms with van der Waals surface area (Å²) >= 11 is 0. The van der Waals surface area contributed by atoms with Gasteiger partial charge in [-0.25, -0.2) is 0 Å². The highest BCUT2D eigenvalue weighted by Gasteiger charge is 2.25. The normalized spacial score (nSPS) is 13.2. The number of ether oxygens (including phenoxy) is 1. The van der Waals surface area contributed by atoms with Crippen LogP contribution in [0.5, 0.6) is 5.75 Å². The van der Waals surface area contributed by atoms with Crippen molar-refractivity contribution in [1.82, 2.24) is 0 Å². The van der Waals surface area contributed by atoms with E-state index in [-0.39, 0.29) is 5.91 Å². The van der Waals surface area contributed by atoms with E-state index < -0.39 is 0 Å². The summed E-state index contributed by atoms with van der Waals surface area (Å²) in [6.45, 7) is 0.713. The van der Waals surface area contributed by atoms with Gasteiger partial charge in [0.15, 0.2) is 0 Å². The second-order valence-electron chi connectivity index (χ2n) is 4.79.